The van der Waals surface area contributed by atoms with Crippen molar-refractivity contribution in [1.82, 2.24) is 14.5 Å². The van der Waals surface area contributed by atoms with Gasteiger partial charge in [0.25, 0.3) is 11.7 Å². The van der Waals surface area contributed by atoms with Gasteiger partial charge in [0.05, 0.1) is 12.0 Å². The van der Waals surface area contributed by atoms with Crippen LogP contribution in [0.4, 0.5) is 13.2 Å². The van der Waals surface area contributed by atoms with Gasteiger partial charge in [-0.1, -0.05) is 74.5 Å². The summed E-state index contributed by atoms with van der Waals surface area (Å²) in [5.41, 5.74) is 0.893. The lowest BCUT2D eigenvalue weighted by atomic mass is 9.99. The van der Waals surface area contributed by atoms with E-state index in [2.05, 4.69) is 5.32 Å². The number of nitrogens with one attached hydrogen (secondary N) is 1. The molecule has 1 N–H and O–H groups in total. The minimum Gasteiger partial charge on any atom is -0.344 e. The molecule has 0 aromatic heterocycles. The number of nitrogens with zero attached hydrogens (tertiary/aromatic N) is 2. The number of carbonyl (C=O) groups is 3. The van der Waals surface area contributed by atoms with E-state index in [0.717, 1.165) is 15.5 Å². The predicted molar refractivity (Wildman–Crippen MR) is 135 cm³/mol. The van der Waals surface area contributed by atoms with E-state index in [1.54, 1.807) is 62.4 Å². The van der Waals surface area contributed by atoms with E-state index >= 15 is 0 Å². The molecule has 0 bridgehead atoms. The van der Waals surface area contributed by atoms with Crippen LogP contribution in [0.5, 0.6) is 0 Å². The Morgan fingerprint density at radius 1 is 1.00 bits per heavy atom. The van der Waals surface area contributed by atoms with E-state index in [1.165, 1.54) is 18.3 Å². The summed E-state index contributed by atoms with van der Waals surface area (Å²) in [4.78, 5) is 39.8. The summed E-state index contributed by atoms with van der Waals surface area (Å²) in [5.74, 6) is -4.34. The number of hydrogen-bond acceptors (Lipinski definition) is 5. The van der Waals surface area contributed by atoms with E-state index in [1.807, 2.05) is 0 Å². The highest BCUT2D eigenvalue weighted by Crippen LogP contribution is 2.31. The smallest absolute Gasteiger partial charge is 0.344 e. The highest BCUT2D eigenvalue weighted by molar-refractivity contribution is 7.88. The van der Waals surface area contributed by atoms with Crippen molar-refractivity contribution in [3.05, 3.63) is 78.0 Å². The molecule has 1 aliphatic rings. The third-order valence-corrected chi connectivity index (χ3v) is 7.03. The van der Waals surface area contributed by atoms with Crippen LogP contribution in [0.15, 0.2) is 66.9 Å². The van der Waals surface area contributed by atoms with Crippen LogP contribution >= 0.6 is 0 Å². The molecule has 1 aliphatic heterocycles. The first kappa shape index (κ1) is 28.9. The lowest BCUT2D eigenvalue weighted by Gasteiger charge is -2.40. The first-order valence-corrected chi connectivity index (χ1v) is 13.6. The highest BCUT2D eigenvalue weighted by Gasteiger charge is 2.45. The number of amides is 2. The van der Waals surface area contributed by atoms with Crippen LogP contribution in [0.1, 0.15) is 25.0 Å². The summed E-state index contributed by atoms with van der Waals surface area (Å²) in [6.45, 7) is 2.55. The number of sulfonamides is 1. The predicted octanol–water partition coefficient (Wildman–Crippen LogP) is 2.97. The summed E-state index contributed by atoms with van der Waals surface area (Å²) < 4.78 is 65.9. The molecule has 2 aromatic rings. The minimum absolute atomic E-state index is 0.0785. The molecule has 204 valence electrons. The zero-order chi connectivity index (χ0) is 28.3. The Balaban J connectivity index is 1.97. The molecule has 1 heterocycles. The number of hydrogen-bond donors (Lipinski definition) is 1. The zero-order valence-corrected chi connectivity index (χ0v) is 21.8. The van der Waals surface area contributed by atoms with E-state index in [0.29, 0.717) is 11.1 Å². The number of alkyl halides is 3. The van der Waals surface area contributed by atoms with Crippen LogP contribution in [-0.2, 0) is 30.8 Å². The zero-order valence-electron chi connectivity index (χ0n) is 21.0. The third kappa shape index (κ3) is 6.80. The Labute approximate surface area is 219 Å². The van der Waals surface area contributed by atoms with Gasteiger partial charge in [0.15, 0.2) is 0 Å². The lowest BCUT2D eigenvalue weighted by Crippen LogP contribution is -2.57. The van der Waals surface area contributed by atoms with E-state index in [-0.39, 0.29) is 5.70 Å². The van der Waals surface area contributed by atoms with Crippen LogP contribution in [-0.4, -0.2) is 66.3 Å². The molecule has 0 fully saturated rings. The van der Waals surface area contributed by atoms with Crippen LogP contribution in [0.25, 0.3) is 5.70 Å². The van der Waals surface area contributed by atoms with E-state index < -0.39 is 64.8 Å². The fourth-order valence-electron chi connectivity index (χ4n) is 4.18. The second-order valence-corrected chi connectivity index (χ2v) is 11.1. The van der Waals surface area contributed by atoms with E-state index in [4.69, 9.17) is 0 Å². The molecule has 0 spiro atoms. The van der Waals surface area contributed by atoms with Crippen molar-refractivity contribution in [2.45, 2.75) is 38.5 Å². The van der Waals surface area contributed by atoms with Gasteiger partial charge in [0.1, 0.15) is 18.6 Å². The van der Waals surface area contributed by atoms with Crippen molar-refractivity contribution < 1.29 is 36.0 Å². The number of rotatable bonds is 9. The number of benzene rings is 2. The van der Waals surface area contributed by atoms with Crippen LogP contribution in [0, 0.1) is 5.92 Å². The number of Topliss-reactive ketones (excluding diaryl/α,β-unsaturated/α-hetero) is 1. The summed E-state index contributed by atoms with van der Waals surface area (Å²) in [7, 11) is -3.89. The fourth-order valence-corrected chi connectivity index (χ4v) is 5.22. The maximum atomic E-state index is 13.6. The average molecular weight is 552 g/mol. The number of halogens is 3. The Hall–Kier alpha value is -3.67. The minimum atomic E-state index is -5.19. The average Bonchev–Trinajstić information content (AvgIpc) is 2.83. The van der Waals surface area contributed by atoms with E-state index in [9.17, 15) is 36.0 Å². The second-order valence-electron chi connectivity index (χ2n) is 9.26. The molecular formula is C26H28F3N3O5S. The molecule has 2 aromatic carbocycles. The van der Waals surface area contributed by atoms with Gasteiger partial charge >= 0.3 is 6.18 Å². The van der Waals surface area contributed by atoms with Gasteiger partial charge in [0.2, 0.25) is 15.9 Å². The summed E-state index contributed by atoms with van der Waals surface area (Å²) in [5, 5.41) is 2.14. The summed E-state index contributed by atoms with van der Waals surface area (Å²) in [6.07, 6.45) is -3.40. The molecule has 0 saturated heterocycles. The molecular weight excluding hydrogens is 523 g/mol. The monoisotopic (exact) mass is 551 g/mol. The van der Waals surface area contributed by atoms with Crippen molar-refractivity contribution >= 4 is 33.3 Å². The highest BCUT2D eigenvalue weighted by atomic mass is 32.2. The first-order chi connectivity index (χ1) is 17.7. The quantitative estimate of drug-likeness (QED) is 0.516. The standard InChI is InChI=1S/C26H28F3N3O5S/c1-17(2)23-25(35)31(21(15-32(23)38(3,36)37)19-12-8-5-9-13-19)16-22(33)30-20(24(34)26(27,28)29)14-18-10-6-4-7-11-18/h4-13,15,17,20,23H,14,16H2,1-3H3,(H,30,33)/t20-,23-/m0/s1. The Morgan fingerprint density at radius 2 is 1.55 bits per heavy atom. The van der Waals surface area contributed by atoms with Crippen LogP contribution < -0.4 is 5.32 Å². The van der Waals surface area contributed by atoms with Gasteiger partial charge in [-0.05, 0) is 17.0 Å². The maximum absolute atomic E-state index is 13.6. The Bertz CT molecular complexity index is 1310. The second kappa shape index (κ2) is 11.4. The fraction of sp³-hybridized carbons (Fsp3) is 0.346. The van der Waals surface area contributed by atoms with Crippen LogP contribution in [0.2, 0.25) is 0 Å². The van der Waals surface area contributed by atoms with Gasteiger partial charge in [-0.25, -0.2) is 8.42 Å². The van der Waals surface area contributed by atoms with Crippen molar-refractivity contribution in [3.63, 3.8) is 0 Å². The molecule has 0 saturated carbocycles. The van der Waals surface area contributed by atoms with Gasteiger partial charge in [0, 0.05) is 12.6 Å². The topological polar surface area (TPSA) is 104 Å². The summed E-state index contributed by atoms with van der Waals surface area (Å²) in [6, 6.07) is 13.0. The summed E-state index contributed by atoms with van der Waals surface area (Å²) >= 11 is 0. The largest absolute Gasteiger partial charge is 0.452 e. The third-order valence-electron chi connectivity index (χ3n) is 5.93. The Morgan fingerprint density at radius 3 is 2.05 bits per heavy atom. The molecule has 12 heteroatoms. The lowest BCUT2D eigenvalue weighted by molar-refractivity contribution is -0.173. The van der Waals surface area contributed by atoms with Crippen molar-refractivity contribution in [2.75, 3.05) is 12.8 Å². The van der Waals surface area contributed by atoms with Crippen molar-refractivity contribution in [2.24, 2.45) is 5.92 Å². The van der Waals surface area contributed by atoms with Crippen molar-refractivity contribution in [1.29, 1.82) is 0 Å². The van der Waals surface area contributed by atoms with Crippen molar-refractivity contribution in [3.8, 4) is 0 Å². The SMILES string of the molecule is CC(C)[C@H]1C(=O)N(CC(=O)N[C@@H](Cc2ccccc2)C(=O)C(F)(F)F)C(c2ccccc2)=CN1S(C)(=O)=O. The molecule has 8 nitrogen and oxygen atoms in total. The molecule has 0 aliphatic carbocycles. The molecule has 0 unspecified atom stereocenters. The number of ketones is 1. The molecule has 0 radical (unpaired) electrons. The van der Waals surface area contributed by atoms with Gasteiger partial charge in [-0.2, -0.15) is 13.2 Å². The molecule has 2 atom stereocenters. The molecule has 38 heavy (non-hydrogen) atoms. The van der Waals surface area contributed by atoms with Gasteiger partial charge in [-0.3, -0.25) is 23.6 Å². The molecule has 2 amide bonds. The van der Waals surface area contributed by atoms with Gasteiger partial charge < -0.3 is 5.32 Å². The first-order valence-electron chi connectivity index (χ1n) is 11.7. The molecule has 3 rings (SSSR count). The number of carbonyl (C=O) groups excluding carboxylic acids is 3. The maximum Gasteiger partial charge on any atom is 0.452 e. The van der Waals surface area contributed by atoms with Gasteiger partial charge in [-0.15, -0.1) is 0 Å². The normalized spacial score (nSPS) is 17.3. The van der Waals surface area contributed by atoms with Crippen LogP contribution in [0.3, 0.4) is 0 Å². The Kier molecular flexibility index (Phi) is 8.65.